The molecule has 0 amide bonds. The smallest absolute Gasteiger partial charge is 0.206 e. The zero-order chi connectivity index (χ0) is 16.2. The van der Waals surface area contributed by atoms with Crippen LogP contribution < -0.4 is 9.47 Å². The lowest BCUT2D eigenvalue weighted by molar-refractivity contribution is 0.122. The van der Waals surface area contributed by atoms with Crippen LogP contribution in [0.3, 0.4) is 0 Å². The first-order valence-electron chi connectivity index (χ1n) is 6.73. The Morgan fingerprint density at radius 1 is 0.955 bits per heavy atom. The fourth-order valence-corrected chi connectivity index (χ4v) is 3.08. The number of ether oxygens (including phenoxy) is 2. The fraction of sp³-hybridized carbons (Fsp3) is 0.250. The van der Waals surface area contributed by atoms with E-state index in [0.717, 1.165) is 0 Å². The molecule has 0 bridgehead atoms. The molecule has 0 aliphatic carbocycles. The highest BCUT2D eigenvalue weighted by Crippen LogP contribution is 2.24. The molecule has 2 aromatic carbocycles. The van der Waals surface area contributed by atoms with Crippen LogP contribution in [0.1, 0.15) is 6.92 Å². The SMILES string of the molecule is COc1ccc(S(=O)(=O)c2ccc(OCC(C)O)cc2)cc1. The normalized spacial score (nSPS) is 12.7. The van der Waals surface area contributed by atoms with Gasteiger partial charge in [0.25, 0.3) is 0 Å². The predicted octanol–water partition coefficient (Wildman–Crippen LogP) is 2.29. The third-order valence-corrected chi connectivity index (χ3v) is 4.78. The molecule has 6 heteroatoms. The molecule has 0 aliphatic rings. The van der Waals surface area contributed by atoms with Gasteiger partial charge in [-0.15, -0.1) is 0 Å². The summed E-state index contributed by atoms with van der Waals surface area (Å²) in [6.07, 6.45) is -0.581. The number of hydrogen-bond donors (Lipinski definition) is 1. The maximum Gasteiger partial charge on any atom is 0.206 e. The molecular formula is C16H18O5S. The minimum atomic E-state index is -3.57. The first-order valence-corrected chi connectivity index (χ1v) is 8.22. The van der Waals surface area contributed by atoms with E-state index in [2.05, 4.69) is 0 Å². The lowest BCUT2D eigenvalue weighted by atomic mass is 10.3. The standard InChI is InChI=1S/C16H18O5S/c1-12(17)11-21-14-5-9-16(10-6-14)22(18,19)15-7-3-13(20-2)4-8-15/h3-10,12,17H,11H2,1-2H3. The number of hydrogen-bond acceptors (Lipinski definition) is 5. The largest absolute Gasteiger partial charge is 0.497 e. The van der Waals surface area contributed by atoms with Gasteiger partial charge in [-0.05, 0) is 55.5 Å². The molecule has 2 rings (SSSR count). The lowest BCUT2D eigenvalue weighted by Gasteiger charge is -2.09. The van der Waals surface area contributed by atoms with Crippen molar-refractivity contribution in [1.82, 2.24) is 0 Å². The molecule has 2 aromatic rings. The van der Waals surface area contributed by atoms with Crippen LogP contribution in [0.5, 0.6) is 11.5 Å². The van der Waals surface area contributed by atoms with Gasteiger partial charge < -0.3 is 14.6 Å². The molecule has 0 heterocycles. The van der Waals surface area contributed by atoms with Gasteiger partial charge in [0.05, 0.1) is 23.0 Å². The molecule has 0 spiro atoms. The van der Waals surface area contributed by atoms with Crippen molar-refractivity contribution in [2.45, 2.75) is 22.8 Å². The van der Waals surface area contributed by atoms with Gasteiger partial charge in [0.15, 0.2) is 0 Å². The van der Waals surface area contributed by atoms with Crippen LogP contribution in [0.2, 0.25) is 0 Å². The van der Waals surface area contributed by atoms with Crippen LogP contribution in [0.15, 0.2) is 58.3 Å². The highest BCUT2D eigenvalue weighted by atomic mass is 32.2. The summed E-state index contributed by atoms with van der Waals surface area (Å²) in [6.45, 7) is 1.77. The minimum absolute atomic E-state index is 0.157. The summed E-state index contributed by atoms with van der Waals surface area (Å²) in [4.78, 5) is 0.382. The van der Waals surface area contributed by atoms with E-state index < -0.39 is 15.9 Å². The molecular weight excluding hydrogens is 304 g/mol. The monoisotopic (exact) mass is 322 g/mol. The van der Waals surface area contributed by atoms with E-state index in [1.165, 1.54) is 31.4 Å². The third kappa shape index (κ3) is 3.78. The van der Waals surface area contributed by atoms with Crippen LogP contribution in [0, 0.1) is 0 Å². The third-order valence-electron chi connectivity index (χ3n) is 2.99. The number of aliphatic hydroxyl groups excluding tert-OH is 1. The van der Waals surface area contributed by atoms with Crippen LogP contribution in [0.4, 0.5) is 0 Å². The van der Waals surface area contributed by atoms with Crippen molar-refractivity contribution in [1.29, 1.82) is 0 Å². The van der Waals surface area contributed by atoms with Crippen molar-refractivity contribution in [3.63, 3.8) is 0 Å². The predicted molar refractivity (Wildman–Crippen MR) is 82.1 cm³/mol. The van der Waals surface area contributed by atoms with Gasteiger partial charge in [-0.1, -0.05) is 0 Å². The maximum atomic E-state index is 12.5. The molecule has 22 heavy (non-hydrogen) atoms. The first-order chi connectivity index (χ1) is 10.4. The van der Waals surface area contributed by atoms with Crippen molar-refractivity contribution in [3.05, 3.63) is 48.5 Å². The highest BCUT2D eigenvalue weighted by molar-refractivity contribution is 7.91. The van der Waals surface area contributed by atoms with Crippen molar-refractivity contribution >= 4 is 9.84 Å². The Morgan fingerprint density at radius 2 is 1.41 bits per heavy atom. The molecule has 1 atom stereocenters. The number of aliphatic hydroxyl groups is 1. The topological polar surface area (TPSA) is 72.8 Å². The van der Waals surface area contributed by atoms with Crippen LogP contribution in [0.25, 0.3) is 0 Å². The van der Waals surface area contributed by atoms with Crippen LogP contribution in [-0.2, 0) is 9.84 Å². The van der Waals surface area contributed by atoms with Gasteiger partial charge in [-0.25, -0.2) is 8.42 Å². The highest BCUT2D eigenvalue weighted by Gasteiger charge is 2.17. The zero-order valence-electron chi connectivity index (χ0n) is 12.4. The summed E-state index contributed by atoms with van der Waals surface area (Å²) in [5, 5.41) is 9.16. The number of benzene rings is 2. The molecule has 0 aromatic heterocycles. The van der Waals surface area contributed by atoms with E-state index >= 15 is 0 Å². The Bertz CT molecular complexity index is 703. The van der Waals surface area contributed by atoms with Crippen molar-refractivity contribution in [3.8, 4) is 11.5 Å². The minimum Gasteiger partial charge on any atom is -0.497 e. The van der Waals surface area contributed by atoms with E-state index in [1.54, 1.807) is 31.2 Å². The summed E-state index contributed by atoms with van der Waals surface area (Å²) in [7, 11) is -2.05. The van der Waals surface area contributed by atoms with E-state index in [-0.39, 0.29) is 16.4 Å². The molecule has 0 fully saturated rings. The average Bonchev–Trinajstić information content (AvgIpc) is 2.53. The zero-order valence-corrected chi connectivity index (χ0v) is 13.2. The van der Waals surface area contributed by atoms with E-state index in [0.29, 0.717) is 11.5 Å². The number of sulfone groups is 1. The summed E-state index contributed by atoms with van der Waals surface area (Å²) < 4.78 is 35.3. The van der Waals surface area contributed by atoms with Crippen molar-refractivity contribution in [2.24, 2.45) is 0 Å². The summed E-state index contributed by atoms with van der Waals surface area (Å²) in [5.74, 6) is 1.11. The Balaban J connectivity index is 2.21. The van der Waals surface area contributed by atoms with E-state index in [4.69, 9.17) is 14.6 Å². The second-order valence-electron chi connectivity index (χ2n) is 4.81. The van der Waals surface area contributed by atoms with Crippen molar-refractivity contribution in [2.75, 3.05) is 13.7 Å². The quantitative estimate of drug-likeness (QED) is 0.883. The van der Waals surface area contributed by atoms with Gasteiger partial charge >= 0.3 is 0 Å². The lowest BCUT2D eigenvalue weighted by Crippen LogP contribution is -2.12. The Labute approximate surface area is 130 Å². The van der Waals surface area contributed by atoms with Crippen LogP contribution in [-0.4, -0.2) is 33.3 Å². The molecule has 0 saturated heterocycles. The molecule has 0 saturated carbocycles. The molecule has 1 N–H and O–H groups in total. The summed E-state index contributed by atoms with van der Waals surface area (Å²) in [5.41, 5.74) is 0. The van der Waals surface area contributed by atoms with Gasteiger partial charge in [-0.3, -0.25) is 0 Å². The van der Waals surface area contributed by atoms with E-state index in [1.807, 2.05) is 0 Å². The van der Waals surface area contributed by atoms with Gasteiger partial charge in [0, 0.05) is 0 Å². The van der Waals surface area contributed by atoms with Gasteiger partial charge in [-0.2, -0.15) is 0 Å². The second-order valence-corrected chi connectivity index (χ2v) is 6.76. The van der Waals surface area contributed by atoms with Crippen LogP contribution >= 0.6 is 0 Å². The average molecular weight is 322 g/mol. The fourth-order valence-electron chi connectivity index (χ4n) is 1.82. The molecule has 118 valence electrons. The number of methoxy groups -OCH3 is 1. The van der Waals surface area contributed by atoms with E-state index in [9.17, 15) is 8.42 Å². The van der Waals surface area contributed by atoms with Gasteiger partial charge in [0.2, 0.25) is 9.84 Å². The maximum absolute atomic E-state index is 12.5. The summed E-state index contributed by atoms with van der Waals surface area (Å²) >= 11 is 0. The van der Waals surface area contributed by atoms with Crippen molar-refractivity contribution < 1.29 is 23.0 Å². The summed E-state index contributed by atoms with van der Waals surface area (Å²) in [6, 6.07) is 12.3. The molecule has 1 unspecified atom stereocenters. The Morgan fingerprint density at radius 3 is 1.82 bits per heavy atom. The Hall–Kier alpha value is -2.05. The first kappa shape index (κ1) is 16.3. The number of rotatable bonds is 6. The van der Waals surface area contributed by atoms with Gasteiger partial charge in [0.1, 0.15) is 18.1 Å². The second kappa shape index (κ2) is 6.81. The molecule has 0 radical (unpaired) electrons. The Kier molecular flexibility index (Phi) is 5.05. The molecule has 0 aliphatic heterocycles. The molecule has 5 nitrogen and oxygen atoms in total.